The van der Waals surface area contributed by atoms with Crippen molar-refractivity contribution in [3.8, 4) is 11.8 Å². The van der Waals surface area contributed by atoms with E-state index < -0.39 is 5.97 Å². The Hall–Kier alpha value is -3.27. The van der Waals surface area contributed by atoms with Crippen molar-refractivity contribution in [2.24, 2.45) is 0 Å². The Morgan fingerprint density at radius 3 is 2.65 bits per heavy atom. The van der Waals surface area contributed by atoms with Gasteiger partial charge < -0.3 is 19.6 Å². The van der Waals surface area contributed by atoms with E-state index in [1.54, 1.807) is 17.1 Å². The first-order chi connectivity index (χ1) is 12.3. The molecule has 0 aliphatic heterocycles. The van der Waals surface area contributed by atoms with Gasteiger partial charge in [0.15, 0.2) is 5.69 Å². The van der Waals surface area contributed by atoms with Crippen LogP contribution in [0.25, 0.3) is 16.7 Å². The number of hydrogen-bond acceptors (Lipinski definition) is 5. The number of nitrogens with two attached hydrogens (primary N) is 1. The molecule has 3 rings (SSSR count). The lowest BCUT2D eigenvalue weighted by atomic mass is 10.1. The fourth-order valence-corrected chi connectivity index (χ4v) is 3.17. The Bertz CT molecular complexity index is 1070. The number of rotatable bonds is 3. The van der Waals surface area contributed by atoms with Crippen LogP contribution in [0.5, 0.6) is 0 Å². The first kappa shape index (κ1) is 17.5. The van der Waals surface area contributed by atoms with Crippen molar-refractivity contribution in [3.05, 3.63) is 41.0 Å². The number of methoxy groups -OCH3 is 1. The third-order valence-corrected chi connectivity index (χ3v) is 4.70. The molecule has 0 aliphatic carbocycles. The Balaban J connectivity index is 2.45. The number of carbonyl (C=O) groups is 1. The average Bonchev–Trinajstić information content (AvgIpc) is 3.16. The molecule has 1 aromatic carbocycles. The smallest absolute Gasteiger partial charge is 0.357 e. The van der Waals surface area contributed by atoms with Crippen molar-refractivity contribution in [3.63, 3.8) is 0 Å². The van der Waals surface area contributed by atoms with Crippen molar-refractivity contribution in [1.82, 2.24) is 14.1 Å². The number of fused-ring (bicyclic) bond motifs is 1. The highest BCUT2D eigenvalue weighted by atomic mass is 16.5. The van der Waals surface area contributed by atoms with Gasteiger partial charge in [0.2, 0.25) is 0 Å². The number of nitrogens with zero attached hydrogens (tertiary/aromatic N) is 4. The zero-order valence-corrected chi connectivity index (χ0v) is 15.5. The summed E-state index contributed by atoms with van der Waals surface area (Å²) in [6.07, 6.45) is 3.35. The van der Waals surface area contributed by atoms with Gasteiger partial charge in [0, 0.05) is 12.2 Å². The standard InChI is InChI=1S/C19H21N5O2/c1-10(2)24-9-22-16-14(24)6-11(3)12(4)17(16)23-8-13(7-20)15(21)18(23)19(25)26-5/h6,8-10H,21H2,1-5H3. The molecule has 0 unspecified atom stereocenters. The van der Waals surface area contributed by atoms with Crippen molar-refractivity contribution in [2.75, 3.05) is 12.8 Å². The van der Waals surface area contributed by atoms with Crippen LogP contribution in [0, 0.1) is 25.2 Å². The molecule has 0 amide bonds. The van der Waals surface area contributed by atoms with Crippen molar-refractivity contribution < 1.29 is 9.53 Å². The normalized spacial score (nSPS) is 11.1. The zero-order valence-electron chi connectivity index (χ0n) is 15.5. The van der Waals surface area contributed by atoms with Gasteiger partial charge in [-0.1, -0.05) is 0 Å². The van der Waals surface area contributed by atoms with E-state index in [-0.39, 0.29) is 23.0 Å². The monoisotopic (exact) mass is 351 g/mol. The summed E-state index contributed by atoms with van der Waals surface area (Å²) >= 11 is 0. The highest BCUT2D eigenvalue weighted by Crippen LogP contribution is 2.33. The molecule has 0 saturated heterocycles. The highest BCUT2D eigenvalue weighted by Gasteiger charge is 2.25. The first-order valence-electron chi connectivity index (χ1n) is 8.28. The molecule has 0 bridgehead atoms. The second-order valence-corrected chi connectivity index (χ2v) is 6.56. The minimum atomic E-state index is -0.596. The van der Waals surface area contributed by atoms with Crippen LogP contribution >= 0.6 is 0 Å². The largest absolute Gasteiger partial charge is 0.464 e. The van der Waals surface area contributed by atoms with Gasteiger partial charge >= 0.3 is 5.97 Å². The summed E-state index contributed by atoms with van der Waals surface area (Å²) < 4.78 is 8.59. The van der Waals surface area contributed by atoms with Crippen LogP contribution in [0.2, 0.25) is 0 Å². The van der Waals surface area contributed by atoms with E-state index in [1.807, 2.05) is 19.9 Å². The molecule has 7 nitrogen and oxygen atoms in total. The molecule has 2 heterocycles. The van der Waals surface area contributed by atoms with E-state index in [1.165, 1.54) is 7.11 Å². The summed E-state index contributed by atoms with van der Waals surface area (Å²) in [7, 11) is 1.29. The van der Waals surface area contributed by atoms with Crippen LogP contribution in [-0.4, -0.2) is 27.2 Å². The van der Waals surface area contributed by atoms with Crippen LogP contribution in [0.1, 0.15) is 47.1 Å². The lowest BCUT2D eigenvalue weighted by molar-refractivity contribution is 0.0593. The number of esters is 1. The van der Waals surface area contributed by atoms with Crippen LogP contribution in [0.4, 0.5) is 5.69 Å². The van der Waals surface area contributed by atoms with Gasteiger partial charge in [0.25, 0.3) is 0 Å². The van der Waals surface area contributed by atoms with Crippen LogP contribution in [0.15, 0.2) is 18.6 Å². The minimum absolute atomic E-state index is 0.108. The number of aromatic nitrogens is 3. The van der Waals surface area contributed by atoms with Gasteiger partial charge in [-0.15, -0.1) is 0 Å². The quantitative estimate of drug-likeness (QED) is 0.730. The zero-order chi connectivity index (χ0) is 19.2. The molecule has 0 atom stereocenters. The van der Waals surface area contributed by atoms with Gasteiger partial charge in [0.05, 0.1) is 35.9 Å². The SMILES string of the molecule is COC(=O)c1c(N)c(C#N)cn1-c1c(C)c(C)cc2c1ncn2C(C)C. The number of imidazole rings is 1. The predicted molar refractivity (Wildman–Crippen MR) is 99.4 cm³/mol. The average molecular weight is 351 g/mol. The maximum absolute atomic E-state index is 12.3. The van der Waals surface area contributed by atoms with E-state index in [0.717, 1.165) is 27.8 Å². The van der Waals surface area contributed by atoms with Crippen molar-refractivity contribution >= 4 is 22.7 Å². The fourth-order valence-electron chi connectivity index (χ4n) is 3.17. The van der Waals surface area contributed by atoms with Gasteiger partial charge in [-0.2, -0.15) is 5.26 Å². The van der Waals surface area contributed by atoms with Crippen LogP contribution in [0.3, 0.4) is 0 Å². The van der Waals surface area contributed by atoms with E-state index in [0.29, 0.717) is 0 Å². The number of ether oxygens (including phenoxy) is 1. The number of aryl methyl sites for hydroxylation is 1. The van der Waals surface area contributed by atoms with Crippen LogP contribution in [-0.2, 0) is 4.74 Å². The molecule has 2 N–H and O–H groups in total. The molecule has 0 fully saturated rings. The Labute approximate surface area is 151 Å². The summed E-state index contributed by atoms with van der Waals surface area (Å²) in [5.74, 6) is -0.596. The molecular formula is C19H21N5O2. The second-order valence-electron chi connectivity index (χ2n) is 6.56. The Kier molecular flexibility index (Phi) is 4.20. The number of hydrogen-bond donors (Lipinski definition) is 1. The maximum atomic E-state index is 12.3. The summed E-state index contributed by atoms with van der Waals surface area (Å²) in [6, 6.07) is 4.35. The van der Waals surface area contributed by atoms with Gasteiger partial charge in [-0.3, -0.25) is 0 Å². The van der Waals surface area contributed by atoms with E-state index in [4.69, 9.17) is 10.5 Å². The summed E-state index contributed by atoms with van der Waals surface area (Å²) in [5, 5.41) is 9.36. The van der Waals surface area contributed by atoms with E-state index in [2.05, 4.69) is 29.5 Å². The lowest BCUT2D eigenvalue weighted by Gasteiger charge is -2.16. The minimum Gasteiger partial charge on any atom is -0.464 e. The highest BCUT2D eigenvalue weighted by molar-refractivity contribution is 5.98. The topological polar surface area (TPSA) is 98.9 Å². The molecular weight excluding hydrogens is 330 g/mol. The summed E-state index contributed by atoms with van der Waals surface area (Å²) in [5.41, 5.74) is 11.0. The number of nitriles is 1. The third-order valence-electron chi connectivity index (χ3n) is 4.70. The molecule has 0 radical (unpaired) electrons. The number of anilines is 1. The predicted octanol–water partition coefficient (Wildman–Crippen LogP) is 3.27. The molecule has 134 valence electrons. The molecule has 0 spiro atoms. The molecule has 26 heavy (non-hydrogen) atoms. The van der Waals surface area contributed by atoms with E-state index >= 15 is 0 Å². The third kappa shape index (κ3) is 2.42. The molecule has 0 saturated carbocycles. The summed E-state index contributed by atoms with van der Waals surface area (Å²) in [6.45, 7) is 8.13. The Morgan fingerprint density at radius 2 is 2.08 bits per heavy atom. The van der Waals surface area contributed by atoms with Crippen molar-refractivity contribution in [1.29, 1.82) is 5.26 Å². The van der Waals surface area contributed by atoms with Crippen LogP contribution < -0.4 is 5.73 Å². The first-order valence-corrected chi connectivity index (χ1v) is 8.28. The van der Waals surface area contributed by atoms with Crippen molar-refractivity contribution in [2.45, 2.75) is 33.7 Å². The summed E-state index contributed by atoms with van der Waals surface area (Å²) in [4.78, 5) is 16.9. The molecule has 2 aromatic heterocycles. The number of nitrogen functional groups attached to an aromatic ring is 1. The van der Waals surface area contributed by atoms with Gasteiger partial charge in [-0.25, -0.2) is 9.78 Å². The fraction of sp³-hybridized carbons (Fsp3) is 0.316. The maximum Gasteiger partial charge on any atom is 0.357 e. The molecule has 0 aliphatic rings. The van der Waals surface area contributed by atoms with Gasteiger partial charge in [0.1, 0.15) is 11.6 Å². The molecule has 7 heteroatoms. The second kappa shape index (κ2) is 6.23. The van der Waals surface area contributed by atoms with Gasteiger partial charge in [-0.05, 0) is 44.9 Å². The van der Waals surface area contributed by atoms with E-state index in [9.17, 15) is 10.1 Å². The number of carbonyl (C=O) groups excluding carboxylic acids is 1. The lowest BCUT2D eigenvalue weighted by Crippen LogP contribution is -2.12. The Morgan fingerprint density at radius 1 is 1.38 bits per heavy atom. The number of benzene rings is 1. The molecule has 3 aromatic rings.